The molecule has 2 N–H and O–H groups in total. The van der Waals surface area contributed by atoms with Gasteiger partial charge in [0, 0.05) is 5.92 Å². The zero-order chi connectivity index (χ0) is 10.3. The second-order valence-corrected chi connectivity index (χ2v) is 3.87. The van der Waals surface area contributed by atoms with E-state index >= 15 is 0 Å². The number of rotatable bonds is 1. The Balaban J connectivity index is 2.03. The maximum Gasteiger partial charge on any atom is 0.204 e. The summed E-state index contributed by atoms with van der Waals surface area (Å²) in [5, 5.41) is 20.0. The fourth-order valence-electron chi connectivity index (χ4n) is 2.09. The van der Waals surface area contributed by atoms with Crippen LogP contribution in [0.4, 0.5) is 0 Å². The molecule has 78 valence electrons. The Morgan fingerprint density at radius 3 is 3.07 bits per heavy atom. The molecule has 6 heteroatoms. The number of aliphatic hydroxyl groups is 1. The van der Waals surface area contributed by atoms with E-state index in [1.165, 1.54) is 0 Å². The van der Waals surface area contributed by atoms with Gasteiger partial charge in [-0.25, -0.2) is 9.97 Å². The highest BCUT2D eigenvalue weighted by Gasteiger charge is 2.29. The Morgan fingerprint density at radius 2 is 2.27 bits per heavy atom. The van der Waals surface area contributed by atoms with E-state index in [1.54, 1.807) is 6.20 Å². The van der Waals surface area contributed by atoms with Gasteiger partial charge in [0.15, 0.2) is 0 Å². The third-order valence-electron chi connectivity index (χ3n) is 2.91. The van der Waals surface area contributed by atoms with Gasteiger partial charge in [0.2, 0.25) is 5.65 Å². The van der Waals surface area contributed by atoms with Gasteiger partial charge in [-0.15, -0.1) is 5.10 Å². The van der Waals surface area contributed by atoms with Gasteiger partial charge in [0.25, 0.3) is 0 Å². The summed E-state index contributed by atoms with van der Waals surface area (Å²) in [6, 6.07) is 0. The Kier molecular flexibility index (Phi) is 1.88. The van der Waals surface area contributed by atoms with Crippen LogP contribution < -0.4 is 0 Å². The monoisotopic (exact) mass is 205 g/mol. The number of H-pyrrole nitrogens is 1. The van der Waals surface area contributed by atoms with E-state index in [9.17, 15) is 5.11 Å². The van der Waals surface area contributed by atoms with E-state index < -0.39 is 0 Å². The Labute approximate surface area is 85.8 Å². The Hall–Kier alpha value is -1.56. The average Bonchev–Trinajstić information content (AvgIpc) is 2.84. The minimum Gasteiger partial charge on any atom is -0.392 e. The van der Waals surface area contributed by atoms with Gasteiger partial charge in [0.1, 0.15) is 11.3 Å². The van der Waals surface area contributed by atoms with Crippen LogP contribution in [0.25, 0.3) is 11.2 Å². The topological polar surface area (TPSA) is 87.6 Å². The van der Waals surface area contributed by atoms with Crippen LogP contribution in [0, 0.1) is 0 Å². The minimum atomic E-state index is -0.311. The normalized spacial score (nSPS) is 26.2. The Morgan fingerprint density at radius 1 is 1.33 bits per heavy atom. The largest absolute Gasteiger partial charge is 0.392 e. The molecule has 2 aromatic heterocycles. The molecule has 0 spiro atoms. The van der Waals surface area contributed by atoms with Crippen molar-refractivity contribution in [1.29, 1.82) is 0 Å². The average molecular weight is 205 g/mol. The first-order valence-electron chi connectivity index (χ1n) is 5.06. The van der Waals surface area contributed by atoms with Crippen molar-refractivity contribution >= 4 is 11.2 Å². The van der Waals surface area contributed by atoms with Gasteiger partial charge < -0.3 is 5.11 Å². The van der Waals surface area contributed by atoms with Crippen LogP contribution in [0.2, 0.25) is 0 Å². The molecule has 0 aliphatic heterocycles. The molecule has 15 heavy (non-hydrogen) atoms. The number of hydrogen-bond acceptors (Lipinski definition) is 5. The highest BCUT2D eigenvalue weighted by molar-refractivity contribution is 5.66. The van der Waals surface area contributed by atoms with E-state index in [0.717, 1.165) is 19.3 Å². The summed E-state index contributed by atoms with van der Waals surface area (Å²) in [6.07, 6.45) is 4.16. The van der Waals surface area contributed by atoms with Crippen molar-refractivity contribution in [3.8, 4) is 0 Å². The lowest BCUT2D eigenvalue weighted by Gasteiger charge is -2.11. The van der Waals surface area contributed by atoms with Crippen LogP contribution in [0.15, 0.2) is 6.20 Å². The highest BCUT2D eigenvalue weighted by Crippen LogP contribution is 2.32. The van der Waals surface area contributed by atoms with E-state index in [0.29, 0.717) is 17.0 Å². The first-order valence-corrected chi connectivity index (χ1v) is 5.06. The number of nitrogens with zero attached hydrogens (tertiary/aromatic N) is 4. The van der Waals surface area contributed by atoms with Crippen molar-refractivity contribution in [3.05, 3.63) is 12.0 Å². The molecule has 0 radical (unpaired) electrons. The lowest BCUT2D eigenvalue weighted by atomic mass is 10.1. The fourth-order valence-corrected chi connectivity index (χ4v) is 2.09. The molecule has 1 aliphatic carbocycles. The molecule has 0 amide bonds. The van der Waals surface area contributed by atoms with E-state index in [1.807, 2.05) is 0 Å². The molecule has 2 atom stereocenters. The molecule has 0 aromatic carbocycles. The summed E-state index contributed by atoms with van der Waals surface area (Å²) in [7, 11) is 0. The van der Waals surface area contributed by atoms with E-state index in [2.05, 4.69) is 25.4 Å². The van der Waals surface area contributed by atoms with E-state index in [-0.39, 0.29) is 12.0 Å². The number of aromatic amines is 1. The standard InChI is InChI=1S/C9H11N5O/c15-7-3-1-2-5(7)8-10-4-6-9(11-8)13-14-12-6/h4-5,7,15H,1-3H2,(H,10,11,12,13,14). The maximum absolute atomic E-state index is 9.74. The summed E-state index contributed by atoms with van der Waals surface area (Å²) >= 11 is 0. The van der Waals surface area contributed by atoms with Crippen LogP contribution in [-0.4, -0.2) is 36.6 Å². The van der Waals surface area contributed by atoms with Crippen molar-refractivity contribution in [2.24, 2.45) is 0 Å². The van der Waals surface area contributed by atoms with Crippen molar-refractivity contribution in [2.45, 2.75) is 31.3 Å². The van der Waals surface area contributed by atoms with Gasteiger partial charge in [-0.3, -0.25) is 0 Å². The second kappa shape index (κ2) is 3.23. The van der Waals surface area contributed by atoms with Crippen LogP contribution in [-0.2, 0) is 0 Å². The van der Waals surface area contributed by atoms with Crippen molar-refractivity contribution in [3.63, 3.8) is 0 Å². The zero-order valence-corrected chi connectivity index (χ0v) is 8.09. The van der Waals surface area contributed by atoms with Gasteiger partial charge in [-0.05, 0) is 12.8 Å². The lowest BCUT2D eigenvalue weighted by Crippen LogP contribution is -2.14. The fraction of sp³-hybridized carbons (Fsp3) is 0.556. The van der Waals surface area contributed by atoms with Gasteiger partial charge in [0.05, 0.1) is 12.3 Å². The third-order valence-corrected chi connectivity index (χ3v) is 2.91. The first kappa shape index (κ1) is 8.72. The summed E-state index contributed by atoms with van der Waals surface area (Å²) in [6.45, 7) is 0. The molecule has 2 aromatic rings. The molecular weight excluding hydrogens is 194 g/mol. The molecule has 0 saturated heterocycles. The highest BCUT2D eigenvalue weighted by atomic mass is 16.3. The van der Waals surface area contributed by atoms with Crippen molar-refractivity contribution in [2.75, 3.05) is 0 Å². The third kappa shape index (κ3) is 1.37. The summed E-state index contributed by atoms with van der Waals surface area (Å²) in [5.74, 6) is 0.743. The van der Waals surface area contributed by atoms with Crippen LogP contribution in [0.3, 0.4) is 0 Å². The van der Waals surface area contributed by atoms with Gasteiger partial charge in [-0.2, -0.15) is 10.3 Å². The quantitative estimate of drug-likeness (QED) is 0.702. The molecule has 6 nitrogen and oxygen atoms in total. The van der Waals surface area contributed by atoms with Crippen LogP contribution in [0.1, 0.15) is 31.0 Å². The van der Waals surface area contributed by atoms with Gasteiger partial charge in [-0.1, -0.05) is 6.42 Å². The number of fused-ring (bicyclic) bond motifs is 1. The number of aromatic nitrogens is 5. The maximum atomic E-state index is 9.74. The minimum absolute atomic E-state index is 0.0612. The summed E-state index contributed by atoms with van der Waals surface area (Å²) in [4.78, 5) is 8.51. The molecule has 2 heterocycles. The smallest absolute Gasteiger partial charge is 0.204 e. The summed E-state index contributed by atoms with van der Waals surface area (Å²) < 4.78 is 0. The van der Waals surface area contributed by atoms with Crippen LogP contribution in [0.5, 0.6) is 0 Å². The van der Waals surface area contributed by atoms with E-state index in [4.69, 9.17) is 0 Å². The Bertz CT molecular complexity index is 482. The molecule has 2 unspecified atom stereocenters. The zero-order valence-electron chi connectivity index (χ0n) is 8.09. The molecule has 1 fully saturated rings. The number of aliphatic hydroxyl groups excluding tert-OH is 1. The predicted octanol–water partition coefficient (Wildman–Crippen LogP) is 0.376. The van der Waals surface area contributed by atoms with Crippen molar-refractivity contribution < 1.29 is 5.11 Å². The molecular formula is C9H11N5O. The molecule has 0 bridgehead atoms. The number of nitrogens with one attached hydrogen (secondary N) is 1. The summed E-state index contributed by atoms with van der Waals surface area (Å²) in [5.41, 5.74) is 1.23. The SMILES string of the molecule is OC1CCCC1c1ncc2n[nH]nc2n1. The molecule has 3 rings (SSSR count). The first-order chi connectivity index (χ1) is 7.34. The second-order valence-electron chi connectivity index (χ2n) is 3.87. The predicted molar refractivity (Wildman–Crippen MR) is 52.1 cm³/mol. The van der Waals surface area contributed by atoms with Crippen molar-refractivity contribution in [1.82, 2.24) is 25.4 Å². The molecule has 1 aliphatic rings. The number of hydrogen-bond donors (Lipinski definition) is 2. The van der Waals surface area contributed by atoms with Gasteiger partial charge >= 0.3 is 0 Å². The molecule has 1 saturated carbocycles. The lowest BCUT2D eigenvalue weighted by molar-refractivity contribution is 0.161. The van der Waals surface area contributed by atoms with Crippen LogP contribution >= 0.6 is 0 Å².